The zero-order valence-corrected chi connectivity index (χ0v) is 11.1. The van der Waals surface area contributed by atoms with Gasteiger partial charge in [0.1, 0.15) is 12.2 Å². The van der Waals surface area contributed by atoms with Crippen LogP contribution in [0.3, 0.4) is 0 Å². The Bertz CT molecular complexity index is 348. The Morgan fingerprint density at radius 1 is 1.59 bits per heavy atom. The second kappa shape index (κ2) is 5.60. The number of nitrogens with zero attached hydrogens (tertiary/aromatic N) is 4. The molecule has 1 aliphatic heterocycles. The number of hydrogen-bond donors (Lipinski definition) is 1. The molecular weight excluding hydrogens is 214 g/mol. The highest BCUT2D eigenvalue weighted by Crippen LogP contribution is 2.25. The van der Waals surface area contributed by atoms with E-state index >= 15 is 0 Å². The van der Waals surface area contributed by atoms with Crippen molar-refractivity contribution in [3.63, 3.8) is 0 Å². The SMILES string of the molecule is CCNCC1CCN(C(C)c2nncn2C)C1. The minimum absolute atomic E-state index is 0.370. The molecule has 5 nitrogen and oxygen atoms in total. The number of hydrogen-bond acceptors (Lipinski definition) is 4. The second-order valence-corrected chi connectivity index (χ2v) is 4.93. The Morgan fingerprint density at radius 3 is 3.06 bits per heavy atom. The molecule has 0 aliphatic carbocycles. The summed E-state index contributed by atoms with van der Waals surface area (Å²) >= 11 is 0. The van der Waals surface area contributed by atoms with Gasteiger partial charge in [-0.2, -0.15) is 0 Å². The quantitative estimate of drug-likeness (QED) is 0.823. The van der Waals surface area contributed by atoms with E-state index in [1.54, 1.807) is 6.33 Å². The maximum atomic E-state index is 4.20. The van der Waals surface area contributed by atoms with Crippen LogP contribution in [0.1, 0.15) is 32.1 Å². The number of aromatic nitrogens is 3. The Hall–Kier alpha value is -0.940. The van der Waals surface area contributed by atoms with Gasteiger partial charge in [-0.25, -0.2) is 0 Å². The Kier molecular flexibility index (Phi) is 4.12. The van der Waals surface area contributed by atoms with Gasteiger partial charge in [0.25, 0.3) is 0 Å². The fraction of sp³-hybridized carbons (Fsp3) is 0.833. The van der Waals surface area contributed by atoms with Crippen molar-refractivity contribution in [2.45, 2.75) is 26.3 Å². The summed E-state index contributed by atoms with van der Waals surface area (Å²) in [5, 5.41) is 11.6. The van der Waals surface area contributed by atoms with Crippen molar-refractivity contribution in [3.8, 4) is 0 Å². The molecule has 1 fully saturated rings. The first kappa shape index (κ1) is 12.5. The van der Waals surface area contributed by atoms with Gasteiger partial charge >= 0.3 is 0 Å². The number of rotatable bonds is 5. The van der Waals surface area contributed by atoms with E-state index in [0.29, 0.717) is 6.04 Å². The van der Waals surface area contributed by atoms with Gasteiger partial charge in [0.05, 0.1) is 6.04 Å². The molecule has 0 saturated carbocycles. The molecule has 1 aromatic rings. The van der Waals surface area contributed by atoms with Crippen molar-refractivity contribution in [3.05, 3.63) is 12.2 Å². The van der Waals surface area contributed by atoms with Gasteiger partial charge in [0, 0.05) is 13.6 Å². The van der Waals surface area contributed by atoms with Crippen LogP contribution in [-0.2, 0) is 7.05 Å². The van der Waals surface area contributed by atoms with Gasteiger partial charge in [-0.15, -0.1) is 10.2 Å². The molecule has 2 rings (SSSR count). The molecular formula is C12H23N5. The molecule has 5 heteroatoms. The summed E-state index contributed by atoms with van der Waals surface area (Å²) in [5.74, 6) is 1.85. The van der Waals surface area contributed by atoms with E-state index in [0.717, 1.165) is 24.8 Å². The topological polar surface area (TPSA) is 46.0 Å². The summed E-state index contributed by atoms with van der Waals surface area (Å²) in [4.78, 5) is 2.51. The highest BCUT2D eigenvalue weighted by atomic mass is 15.3. The van der Waals surface area contributed by atoms with E-state index in [9.17, 15) is 0 Å². The Balaban J connectivity index is 1.90. The summed E-state index contributed by atoms with van der Waals surface area (Å²) in [6, 6.07) is 0.370. The molecule has 0 spiro atoms. The normalized spacial score (nSPS) is 23.1. The van der Waals surface area contributed by atoms with Gasteiger partial charge in [-0.1, -0.05) is 6.92 Å². The van der Waals surface area contributed by atoms with Crippen LogP contribution < -0.4 is 5.32 Å². The fourth-order valence-electron chi connectivity index (χ4n) is 2.56. The van der Waals surface area contributed by atoms with E-state index in [1.165, 1.54) is 19.5 Å². The third-order valence-electron chi connectivity index (χ3n) is 3.67. The van der Waals surface area contributed by atoms with Gasteiger partial charge in [-0.05, 0) is 38.9 Å². The average molecular weight is 237 g/mol. The number of nitrogens with one attached hydrogen (secondary N) is 1. The highest BCUT2D eigenvalue weighted by Gasteiger charge is 2.28. The van der Waals surface area contributed by atoms with Crippen molar-refractivity contribution in [1.82, 2.24) is 25.0 Å². The molecule has 0 radical (unpaired) electrons. The van der Waals surface area contributed by atoms with Gasteiger partial charge in [0.15, 0.2) is 0 Å². The lowest BCUT2D eigenvalue weighted by atomic mass is 10.1. The van der Waals surface area contributed by atoms with Crippen molar-refractivity contribution in [1.29, 1.82) is 0 Å². The third-order valence-corrected chi connectivity index (χ3v) is 3.67. The van der Waals surface area contributed by atoms with Crippen LogP contribution in [0.4, 0.5) is 0 Å². The molecule has 2 unspecified atom stereocenters. The van der Waals surface area contributed by atoms with Crippen LogP contribution in [0.5, 0.6) is 0 Å². The monoisotopic (exact) mass is 237 g/mol. The average Bonchev–Trinajstić information content (AvgIpc) is 2.94. The van der Waals surface area contributed by atoms with Crippen LogP contribution in [-0.4, -0.2) is 45.8 Å². The van der Waals surface area contributed by atoms with Crippen LogP contribution in [0.25, 0.3) is 0 Å². The van der Waals surface area contributed by atoms with Crippen molar-refractivity contribution in [2.75, 3.05) is 26.2 Å². The summed E-state index contributed by atoms with van der Waals surface area (Å²) < 4.78 is 2.02. The van der Waals surface area contributed by atoms with Gasteiger partial charge in [-0.3, -0.25) is 4.90 Å². The summed E-state index contributed by atoms with van der Waals surface area (Å²) in [6.07, 6.45) is 3.06. The molecule has 0 amide bonds. The minimum Gasteiger partial charge on any atom is -0.319 e. The van der Waals surface area contributed by atoms with E-state index in [2.05, 4.69) is 34.3 Å². The minimum atomic E-state index is 0.370. The van der Waals surface area contributed by atoms with Gasteiger partial charge in [0.2, 0.25) is 0 Å². The zero-order chi connectivity index (χ0) is 12.3. The highest BCUT2D eigenvalue weighted by molar-refractivity contribution is 4.95. The predicted octanol–water partition coefficient (Wildman–Crippen LogP) is 0.807. The van der Waals surface area contributed by atoms with Crippen LogP contribution in [0.15, 0.2) is 6.33 Å². The molecule has 1 aliphatic rings. The van der Waals surface area contributed by atoms with E-state index < -0.39 is 0 Å². The number of likely N-dealkylation sites (tertiary alicyclic amines) is 1. The molecule has 1 saturated heterocycles. The van der Waals surface area contributed by atoms with E-state index in [-0.39, 0.29) is 0 Å². The fourth-order valence-corrected chi connectivity index (χ4v) is 2.56. The first-order valence-electron chi connectivity index (χ1n) is 6.51. The lowest BCUT2D eigenvalue weighted by Crippen LogP contribution is -2.29. The van der Waals surface area contributed by atoms with Crippen LogP contribution >= 0.6 is 0 Å². The molecule has 0 bridgehead atoms. The molecule has 96 valence electrons. The first-order valence-corrected chi connectivity index (χ1v) is 6.51. The molecule has 1 aromatic heterocycles. The maximum Gasteiger partial charge on any atom is 0.149 e. The Morgan fingerprint density at radius 2 is 2.41 bits per heavy atom. The summed E-state index contributed by atoms with van der Waals surface area (Å²) in [6.45, 7) is 8.92. The second-order valence-electron chi connectivity index (χ2n) is 4.93. The van der Waals surface area contributed by atoms with E-state index in [1.807, 2.05) is 11.6 Å². The standard InChI is InChI=1S/C12H23N5/c1-4-13-7-11-5-6-17(8-11)10(2)12-15-14-9-16(12)3/h9-11,13H,4-8H2,1-3H3. The number of aryl methyl sites for hydroxylation is 1. The lowest BCUT2D eigenvalue weighted by molar-refractivity contribution is 0.239. The van der Waals surface area contributed by atoms with Gasteiger partial charge < -0.3 is 9.88 Å². The largest absolute Gasteiger partial charge is 0.319 e. The van der Waals surface area contributed by atoms with Crippen LogP contribution in [0, 0.1) is 5.92 Å². The van der Waals surface area contributed by atoms with Crippen molar-refractivity contribution >= 4 is 0 Å². The van der Waals surface area contributed by atoms with Crippen molar-refractivity contribution < 1.29 is 0 Å². The molecule has 17 heavy (non-hydrogen) atoms. The molecule has 0 aromatic carbocycles. The molecule has 1 N–H and O–H groups in total. The maximum absolute atomic E-state index is 4.20. The smallest absolute Gasteiger partial charge is 0.149 e. The lowest BCUT2D eigenvalue weighted by Gasteiger charge is -2.23. The Labute approximate surface area is 103 Å². The first-order chi connectivity index (χ1) is 8.22. The molecule has 2 heterocycles. The summed E-state index contributed by atoms with van der Waals surface area (Å²) in [7, 11) is 2.01. The van der Waals surface area contributed by atoms with E-state index in [4.69, 9.17) is 0 Å². The van der Waals surface area contributed by atoms with Crippen molar-refractivity contribution in [2.24, 2.45) is 13.0 Å². The molecule has 2 atom stereocenters. The predicted molar refractivity (Wildman–Crippen MR) is 67.6 cm³/mol. The zero-order valence-electron chi connectivity index (χ0n) is 11.1. The summed E-state index contributed by atoms with van der Waals surface area (Å²) in [5.41, 5.74) is 0. The van der Waals surface area contributed by atoms with Crippen LogP contribution in [0.2, 0.25) is 0 Å². The third kappa shape index (κ3) is 2.84.